The second-order valence-electron chi connectivity index (χ2n) is 4.33. The monoisotopic (exact) mass is 240 g/mol. The Morgan fingerprint density at radius 3 is 2.61 bits per heavy atom. The molecule has 0 heterocycles. The van der Waals surface area contributed by atoms with E-state index in [0.717, 1.165) is 28.7 Å². The third-order valence-electron chi connectivity index (χ3n) is 3.28. The first kappa shape index (κ1) is 11.0. The van der Waals surface area contributed by atoms with Gasteiger partial charge in [-0.15, -0.1) is 0 Å². The molecule has 18 heavy (non-hydrogen) atoms. The van der Waals surface area contributed by atoms with Crippen molar-refractivity contribution in [3.63, 3.8) is 0 Å². The van der Waals surface area contributed by atoms with E-state index in [2.05, 4.69) is 18.2 Å². The lowest BCUT2D eigenvalue weighted by Crippen LogP contribution is -1.93. The molecular formula is C16H13FO. The second kappa shape index (κ2) is 4.30. The summed E-state index contributed by atoms with van der Waals surface area (Å²) in [5, 5.41) is 0. The van der Waals surface area contributed by atoms with Crippen molar-refractivity contribution in [1.29, 1.82) is 0 Å². The number of hydrogen-bond donors (Lipinski definition) is 0. The first-order chi connectivity index (χ1) is 8.79. The number of rotatable bonds is 2. The largest absolute Gasteiger partial charge is 0.494 e. The molecule has 0 aromatic heterocycles. The van der Waals surface area contributed by atoms with Crippen LogP contribution < -0.4 is 4.74 Å². The lowest BCUT2D eigenvalue weighted by molar-refractivity contribution is 0.386. The van der Waals surface area contributed by atoms with Crippen molar-refractivity contribution >= 4 is 5.57 Å². The zero-order valence-corrected chi connectivity index (χ0v) is 10.1. The molecule has 90 valence electrons. The van der Waals surface area contributed by atoms with Crippen molar-refractivity contribution < 1.29 is 9.13 Å². The van der Waals surface area contributed by atoms with Gasteiger partial charge in [-0.2, -0.15) is 0 Å². The molecule has 0 saturated carbocycles. The SMILES string of the molecule is COc1cc2c(cc1F)CC=C2c1ccccc1. The Morgan fingerprint density at radius 2 is 1.89 bits per heavy atom. The van der Waals surface area contributed by atoms with Crippen LogP contribution >= 0.6 is 0 Å². The summed E-state index contributed by atoms with van der Waals surface area (Å²) >= 11 is 0. The fourth-order valence-corrected chi connectivity index (χ4v) is 2.38. The first-order valence-electron chi connectivity index (χ1n) is 5.92. The molecule has 0 atom stereocenters. The zero-order valence-electron chi connectivity index (χ0n) is 10.1. The number of hydrogen-bond acceptors (Lipinski definition) is 1. The normalized spacial score (nSPS) is 13.1. The number of benzene rings is 2. The van der Waals surface area contributed by atoms with Crippen LogP contribution in [-0.4, -0.2) is 7.11 Å². The Kier molecular flexibility index (Phi) is 2.63. The molecule has 0 N–H and O–H groups in total. The lowest BCUT2D eigenvalue weighted by Gasteiger charge is -2.09. The van der Waals surface area contributed by atoms with Gasteiger partial charge in [0.25, 0.3) is 0 Å². The molecule has 0 radical (unpaired) electrons. The van der Waals surface area contributed by atoms with Crippen molar-refractivity contribution in [3.8, 4) is 5.75 Å². The van der Waals surface area contributed by atoms with Crippen LogP contribution in [0.3, 0.4) is 0 Å². The van der Waals surface area contributed by atoms with Crippen LogP contribution in [0.25, 0.3) is 5.57 Å². The quantitative estimate of drug-likeness (QED) is 0.775. The number of halogens is 1. The highest BCUT2D eigenvalue weighted by Crippen LogP contribution is 2.36. The summed E-state index contributed by atoms with van der Waals surface area (Å²) in [5.74, 6) is 0.0106. The van der Waals surface area contributed by atoms with Crippen molar-refractivity contribution in [2.75, 3.05) is 7.11 Å². The van der Waals surface area contributed by atoms with Gasteiger partial charge < -0.3 is 4.74 Å². The number of ether oxygens (including phenoxy) is 1. The van der Waals surface area contributed by atoms with E-state index in [1.54, 1.807) is 12.1 Å². The zero-order chi connectivity index (χ0) is 12.5. The lowest BCUT2D eigenvalue weighted by atomic mass is 9.99. The fraction of sp³-hybridized carbons (Fsp3) is 0.125. The minimum absolute atomic E-state index is 0.293. The number of methoxy groups -OCH3 is 1. The summed E-state index contributed by atoms with van der Waals surface area (Å²) < 4.78 is 18.7. The van der Waals surface area contributed by atoms with Gasteiger partial charge in [0.2, 0.25) is 0 Å². The smallest absolute Gasteiger partial charge is 0.165 e. The fourth-order valence-electron chi connectivity index (χ4n) is 2.38. The minimum Gasteiger partial charge on any atom is -0.494 e. The second-order valence-corrected chi connectivity index (χ2v) is 4.33. The Morgan fingerprint density at radius 1 is 1.11 bits per heavy atom. The van der Waals surface area contributed by atoms with Gasteiger partial charge in [0.05, 0.1) is 7.11 Å². The van der Waals surface area contributed by atoms with Crippen LogP contribution in [0.1, 0.15) is 16.7 Å². The molecule has 2 aromatic rings. The van der Waals surface area contributed by atoms with Crippen molar-refractivity contribution in [1.82, 2.24) is 0 Å². The summed E-state index contributed by atoms with van der Waals surface area (Å²) in [4.78, 5) is 0. The van der Waals surface area contributed by atoms with Gasteiger partial charge in [-0.25, -0.2) is 4.39 Å². The molecule has 1 aliphatic rings. The van der Waals surface area contributed by atoms with Gasteiger partial charge in [-0.1, -0.05) is 36.4 Å². The molecule has 0 aliphatic heterocycles. The number of fused-ring (bicyclic) bond motifs is 1. The third kappa shape index (κ3) is 1.70. The highest BCUT2D eigenvalue weighted by atomic mass is 19.1. The van der Waals surface area contributed by atoms with Crippen LogP contribution in [0.4, 0.5) is 4.39 Å². The molecular weight excluding hydrogens is 227 g/mol. The molecule has 2 heteroatoms. The standard InChI is InChI=1S/C16H13FO/c1-18-16-10-14-12(9-15(16)17)7-8-13(14)11-5-3-2-4-6-11/h2-6,8-10H,7H2,1H3. The van der Waals surface area contributed by atoms with E-state index in [4.69, 9.17) is 4.74 Å². The molecule has 1 nitrogen and oxygen atoms in total. The average Bonchev–Trinajstić information content (AvgIpc) is 2.81. The maximum absolute atomic E-state index is 13.6. The van der Waals surface area contributed by atoms with Crippen LogP contribution in [0.15, 0.2) is 48.5 Å². The van der Waals surface area contributed by atoms with Gasteiger partial charge in [0.15, 0.2) is 11.6 Å². The summed E-state index contributed by atoms with van der Waals surface area (Å²) in [7, 11) is 1.49. The molecule has 0 fully saturated rings. The summed E-state index contributed by atoms with van der Waals surface area (Å²) in [6, 6.07) is 13.5. The van der Waals surface area contributed by atoms with Gasteiger partial charge >= 0.3 is 0 Å². The van der Waals surface area contributed by atoms with Gasteiger partial charge in [-0.3, -0.25) is 0 Å². The maximum Gasteiger partial charge on any atom is 0.165 e. The van der Waals surface area contributed by atoms with E-state index in [0.29, 0.717) is 5.75 Å². The Balaban J connectivity index is 2.11. The van der Waals surface area contributed by atoms with E-state index >= 15 is 0 Å². The molecule has 0 bridgehead atoms. The van der Waals surface area contributed by atoms with E-state index in [1.165, 1.54) is 7.11 Å². The predicted molar refractivity (Wildman–Crippen MR) is 70.2 cm³/mol. The van der Waals surface area contributed by atoms with Crippen molar-refractivity contribution in [2.24, 2.45) is 0 Å². The Hall–Kier alpha value is -2.09. The van der Waals surface area contributed by atoms with Gasteiger partial charge in [0.1, 0.15) is 0 Å². The molecule has 0 spiro atoms. The van der Waals surface area contributed by atoms with Crippen LogP contribution in [0, 0.1) is 5.82 Å². The summed E-state index contributed by atoms with van der Waals surface area (Å²) in [5.41, 5.74) is 4.40. The predicted octanol–water partition coefficient (Wildman–Crippen LogP) is 3.82. The first-order valence-corrected chi connectivity index (χ1v) is 5.92. The minimum atomic E-state index is -0.293. The summed E-state index contributed by atoms with van der Waals surface area (Å²) in [6.45, 7) is 0. The average molecular weight is 240 g/mol. The third-order valence-corrected chi connectivity index (χ3v) is 3.28. The van der Waals surface area contributed by atoms with E-state index in [9.17, 15) is 4.39 Å². The van der Waals surface area contributed by atoms with E-state index in [1.807, 2.05) is 18.2 Å². The van der Waals surface area contributed by atoms with Crippen LogP contribution in [0.2, 0.25) is 0 Å². The summed E-state index contributed by atoms with van der Waals surface area (Å²) in [6.07, 6.45) is 2.92. The van der Waals surface area contributed by atoms with E-state index < -0.39 is 0 Å². The van der Waals surface area contributed by atoms with Crippen molar-refractivity contribution in [3.05, 3.63) is 71.0 Å². The van der Waals surface area contributed by atoms with Gasteiger partial charge in [0, 0.05) is 0 Å². The van der Waals surface area contributed by atoms with E-state index in [-0.39, 0.29) is 5.82 Å². The molecule has 1 aliphatic carbocycles. The topological polar surface area (TPSA) is 9.23 Å². The molecule has 2 aromatic carbocycles. The van der Waals surface area contributed by atoms with Gasteiger partial charge in [-0.05, 0) is 40.8 Å². The molecule has 3 rings (SSSR count). The van der Waals surface area contributed by atoms with Crippen molar-refractivity contribution in [2.45, 2.75) is 6.42 Å². The Labute approximate surface area is 106 Å². The number of allylic oxidation sites excluding steroid dienone is 1. The molecule has 0 unspecified atom stereocenters. The van der Waals surface area contributed by atoms with Crippen LogP contribution in [0.5, 0.6) is 5.75 Å². The Bertz CT molecular complexity index is 614. The molecule has 0 amide bonds. The highest BCUT2D eigenvalue weighted by Gasteiger charge is 2.18. The maximum atomic E-state index is 13.6. The highest BCUT2D eigenvalue weighted by molar-refractivity contribution is 5.85. The molecule has 0 saturated heterocycles. The van der Waals surface area contributed by atoms with Crippen LogP contribution in [-0.2, 0) is 6.42 Å².